The Kier molecular flexibility index (Phi) is 3.88. The predicted octanol–water partition coefficient (Wildman–Crippen LogP) is 0.299. The molecule has 2 N–H and O–H groups in total. The molecule has 1 amide bonds. The van der Waals surface area contributed by atoms with E-state index in [0.29, 0.717) is 12.5 Å². The van der Waals surface area contributed by atoms with Crippen molar-refractivity contribution < 1.29 is 4.79 Å². The fraction of sp³-hybridized carbons (Fsp3) is 0.875. The van der Waals surface area contributed by atoms with Gasteiger partial charge in [-0.25, -0.2) is 0 Å². The number of nitrogens with zero attached hydrogens (tertiary/aromatic N) is 1. The fourth-order valence-electron chi connectivity index (χ4n) is 1.35. The molecule has 0 spiro atoms. The number of nitrogens with two attached hydrogens (primary N) is 1. The van der Waals surface area contributed by atoms with Gasteiger partial charge in [0.05, 0.1) is 0 Å². The summed E-state index contributed by atoms with van der Waals surface area (Å²) in [6, 6.07) is 0.552. The highest BCUT2D eigenvalue weighted by atomic mass is 32.2. The Morgan fingerprint density at radius 3 is 3.08 bits per heavy atom. The zero-order chi connectivity index (χ0) is 8.97. The van der Waals surface area contributed by atoms with Gasteiger partial charge in [-0.05, 0) is 13.5 Å². The maximum atomic E-state index is 10.5. The summed E-state index contributed by atoms with van der Waals surface area (Å²) in [6.45, 7) is 1.13. The van der Waals surface area contributed by atoms with Gasteiger partial charge in [0.15, 0.2) is 0 Å². The van der Waals surface area contributed by atoms with Gasteiger partial charge in [0.1, 0.15) is 0 Å². The highest BCUT2D eigenvalue weighted by Crippen LogP contribution is 2.17. The van der Waals surface area contributed by atoms with Crippen LogP contribution in [0.2, 0.25) is 0 Å². The molecule has 12 heavy (non-hydrogen) atoms. The van der Waals surface area contributed by atoms with E-state index >= 15 is 0 Å². The van der Waals surface area contributed by atoms with Crippen LogP contribution >= 0.6 is 11.8 Å². The highest BCUT2D eigenvalue weighted by Gasteiger charge is 2.18. The molecule has 0 saturated carbocycles. The lowest BCUT2D eigenvalue weighted by molar-refractivity contribution is -0.118. The smallest absolute Gasteiger partial charge is 0.217 e. The largest absolute Gasteiger partial charge is 0.370 e. The molecular formula is C8H16N2OS. The summed E-state index contributed by atoms with van der Waals surface area (Å²) in [5.41, 5.74) is 5.09. The van der Waals surface area contributed by atoms with Crippen LogP contribution < -0.4 is 5.73 Å². The molecule has 3 nitrogen and oxygen atoms in total. The van der Waals surface area contributed by atoms with Gasteiger partial charge >= 0.3 is 0 Å². The predicted molar refractivity (Wildman–Crippen MR) is 52.2 cm³/mol. The first kappa shape index (κ1) is 9.86. The topological polar surface area (TPSA) is 46.3 Å². The molecule has 1 atom stereocenters. The van der Waals surface area contributed by atoms with Crippen LogP contribution in [-0.4, -0.2) is 41.9 Å². The van der Waals surface area contributed by atoms with E-state index in [1.54, 1.807) is 0 Å². The summed E-state index contributed by atoms with van der Waals surface area (Å²) in [5.74, 6) is 2.17. The highest BCUT2D eigenvalue weighted by molar-refractivity contribution is 7.99. The van der Waals surface area contributed by atoms with Crippen molar-refractivity contribution in [1.29, 1.82) is 0 Å². The number of carbonyl (C=O) groups is 1. The van der Waals surface area contributed by atoms with Crippen LogP contribution in [0.1, 0.15) is 12.8 Å². The monoisotopic (exact) mass is 188 g/mol. The molecule has 1 unspecified atom stereocenters. The minimum absolute atomic E-state index is 0.182. The van der Waals surface area contributed by atoms with E-state index in [0.717, 1.165) is 18.7 Å². The Balaban J connectivity index is 2.24. The van der Waals surface area contributed by atoms with Crippen molar-refractivity contribution in [2.45, 2.75) is 18.9 Å². The molecule has 0 radical (unpaired) electrons. The van der Waals surface area contributed by atoms with Crippen molar-refractivity contribution in [1.82, 2.24) is 4.90 Å². The van der Waals surface area contributed by atoms with Gasteiger partial charge in [0.2, 0.25) is 5.91 Å². The Morgan fingerprint density at radius 2 is 2.50 bits per heavy atom. The Bertz CT molecular complexity index is 163. The quantitative estimate of drug-likeness (QED) is 0.693. The molecule has 0 aromatic carbocycles. The van der Waals surface area contributed by atoms with Gasteiger partial charge < -0.3 is 10.6 Å². The maximum Gasteiger partial charge on any atom is 0.217 e. The van der Waals surface area contributed by atoms with Crippen molar-refractivity contribution in [3.8, 4) is 0 Å². The Hall–Kier alpha value is -0.220. The Morgan fingerprint density at radius 1 is 1.75 bits per heavy atom. The molecule has 1 rings (SSSR count). The molecular weight excluding hydrogens is 172 g/mol. The number of thioether (sulfide) groups is 1. The molecule has 1 saturated heterocycles. The lowest BCUT2D eigenvalue weighted by Gasteiger charge is -2.31. The third-order valence-corrected chi connectivity index (χ3v) is 3.34. The van der Waals surface area contributed by atoms with Gasteiger partial charge in [-0.3, -0.25) is 4.79 Å². The van der Waals surface area contributed by atoms with Crippen LogP contribution in [-0.2, 0) is 4.79 Å². The van der Waals surface area contributed by atoms with E-state index in [-0.39, 0.29) is 5.91 Å². The normalized spacial score (nSPS) is 25.6. The SMILES string of the molecule is CN1CCSCC1CCC(N)=O. The molecule has 70 valence electrons. The zero-order valence-electron chi connectivity index (χ0n) is 7.45. The molecule has 0 bridgehead atoms. The summed E-state index contributed by atoms with van der Waals surface area (Å²) in [5, 5.41) is 0. The van der Waals surface area contributed by atoms with Crippen molar-refractivity contribution in [3.63, 3.8) is 0 Å². The summed E-state index contributed by atoms with van der Waals surface area (Å²) in [7, 11) is 2.12. The van der Waals surface area contributed by atoms with Crippen LogP contribution in [0.3, 0.4) is 0 Å². The van der Waals surface area contributed by atoms with Gasteiger partial charge in [-0.1, -0.05) is 0 Å². The summed E-state index contributed by atoms with van der Waals surface area (Å²) < 4.78 is 0. The summed E-state index contributed by atoms with van der Waals surface area (Å²) in [6.07, 6.45) is 1.44. The van der Waals surface area contributed by atoms with E-state index in [9.17, 15) is 4.79 Å². The second kappa shape index (κ2) is 4.72. The average molecular weight is 188 g/mol. The molecule has 0 aromatic rings. The van der Waals surface area contributed by atoms with E-state index < -0.39 is 0 Å². The number of hydrogen-bond acceptors (Lipinski definition) is 3. The van der Waals surface area contributed by atoms with Crippen LogP contribution in [0.15, 0.2) is 0 Å². The van der Waals surface area contributed by atoms with E-state index in [1.165, 1.54) is 5.75 Å². The van der Waals surface area contributed by atoms with Crippen molar-refractivity contribution in [2.75, 3.05) is 25.1 Å². The van der Waals surface area contributed by atoms with E-state index in [2.05, 4.69) is 11.9 Å². The standard InChI is InChI=1S/C8H16N2OS/c1-10-4-5-12-6-7(10)2-3-8(9)11/h7H,2-6H2,1H3,(H2,9,11). The zero-order valence-corrected chi connectivity index (χ0v) is 8.27. The van der Waals surface area contributed by atoms with Crippen LogP contribution in [0.25, 0.3) is 0 Å². The molecule has 1 fully saturated rings. The van der Waals surface area contributed by atoms with Crippen LogP contribution in [0.5, 0.6) is 0 Å². The van der Waals surface area contributed by atoms with Crippen molar-refractivity contribution in [3.05, 3.63) is 0 Å². The molecule has 1 heterocycles. The number of primary amides is 1. The molecule has 0 aliphatic carbocycles. The van der Waals surface area contributed by atoms with Gasteiger partial charge in [-0.15, -0.1) is 0 Å². The van der Waals surface area contributed by atoms with Crippen LogP contribution in [0, 0.1) is 0 Å². The average Bonchev–Trinajstić information content (AvgIpc) is 2.03. The van der Waals surface area contributed by atoms with Gasteiger partial charge in [0, 0.05) is 30.5 Å². The first-order valence-electron chi connectivity index (χ1n) is 4.26. The minimum Gasteiger partial charge on any atom is -0.370 e. The van der Waals surface area contributed by atoms with E-state index in [4.69, 9.17) is 5.73 Å². The lowest BCUT2D eigenvalue weighted by Crippen LogP contribution is -2.39. The van der Waals surface area contributed by atoms with Gasteiger partial charge in [0.25, 0.3) is 0 Å². The lowest BCUT2D eigenvalue weighted by atomic mass is 10.1. The molecule has 0 aromatic heterocycles. The third-order valence-electron chi connectivity index (χ3n) is 2.25. The molecule has 1 aliphatic heterocycles. The van der Waals surface area contributed by atoms with E-state index in [1.807, 2.05) is 11.8 Å². The first-order chi connectivity index (χ1) is 5.70. The number of hydrogen-bond donors (Lipinski definition) is 1. The van der Waals surface area contributed by atoms with Crippen molar-refractivity contribution >= 4 is 17.7 Å². The molecule has 1 aliphatic rings. The number of rotatable bonds is 3. The third kappa shape index (κ3) is 3.03. The first-order valence-corrected chi connectivity index (χ1v) is 5.42. The maximum absolute atomic E-state index is 10.5. The van der Waals surface area contributed by atoms with Gasteiger partial charge in [-0.2, -0.15) is 11.8 Å². The minimum atomic E-state index is -0.182. The number of carbonyl (C=O) groups excluding carboxylic acids is 1. The number of amides is 1. The fourth-order valence-corrected chi connectivity index (χ4v) is 2.63. The van der Waals surface area contributed by atoms with Crippen LogP contribution in [0.4, 0.5) is 0 Å². The second-order valence-corrected chi connectivity index (χ2v) is 4.36. The van der Waals surface area contributed by atoms with Crippen molar-refractivity contribution in [2.24, 2.45) is 5.73 Å². The molecule has 4 heteroatoms. The summed E-state index contributed by atoms with van der Waals surface area (Å²) >= 11 is 1.96. The second-order valence-electron chi connectivity index (χ2n) is 3.21. The summed E-state index contributed by atoms with van der Waals surface area (Å²) in [4.78, 5) is 12.9. The Labute approximate surface area is 77.7 Å².